The van der Waals surface area contributed by atoms with Crippen LogP contribution in [-0.4, -0.2) is 72.8 Å². The van der Waals surface area contributed by atoms with Crippen LogP contribution in [0.2, 0.25) is 0 Å². The first-order valence-electron chi connectivity index (χ1n) is 12.7. The molecule has 0 radical (unpaired) electrons. The number of aliphatic hydroxyl groups excluding tert-OH is 1. The molecule has 1 aliphatic rings. The van der Waals surface area contributed by atoms with Gasteiger partial charge in [-0.3, -0.25) is 9.59 Å². The molecule has 3 rings (SSSR count). The van der Waals surface area contributed by atoms with E-state index in [-0.39, 0.29) is 28.0 Å². The highest BCUT2D eigenvalue weighted by molar-refractivity contribution is 5.95. The third-order valence-electron chi connectivity index (χ3n) is 7.06. The quantitative estimate of drug-likeness (QED) is 0.296. The Bertz CT molecular complexity index is 1090. The van der Waals surface area contributed by atoms with Crippen molar-refractivity contribution in [2.24, 2.45) is 0 Å². The second-order valence-electron chi connectivity index (χ2n) is 9.35. The standard InChI is InChI=1S/C25H38FN5O3.CH4O/c1-5-12-30(14-15-34-4)13-8-11-28-23-20(26)21(27)19-22(33)17(16-32)18-9-7-10-25(3,6-2)31(18)24(19)29-23;1-2/h16H,5-15H2,1-4H3,(H3,27,28,29);2H,1H3. The van der Waals surface area contributed by atoms with Crippen molar-refractivity contribution in [2.45, 2.75) is 64.8 Å². The largest absolute Gasteiger partial charge is 0.400 e. The van der Waals surface area contributed by atoms with E-state index in [4.69, 9.17) is 15.6 Å². The summed E-state index contributed by atoms with van der Waals surface area (Å²) in [5, 5.41) is 10.1. The van der Waals surface area contributed by atoms with Crippen LogP contribution in [0.15, 0.2) is 4.79 Å². The van der Waals surface area contributed by atoms with Crippen LogP contribution in [0.4, 0.5) is 15.9 Å². The van der Waals surface area contributed by atoms with Crippen LogP contribution in [0, 0.1) is 5.82 Å². The monoisotopic (exact) mass is 507 g/mol. The number of carbonyl (C=O) groups excluding carboxylic acids is 1. The number of hydrogen-bond donors (Lipinski definition) is 3. The fraction of sp³-hybridized carbons (Fsp3) is 0.654. The molecule has 1 unspecified atom stereocenters. The van der Waals surface area contributed by atoms with Gasteiger partial charge in [-0.1, -0.05) is 13.8 Å². The fourth-order valence-electron chi connectivity index (χ4n) is 5.00. The molecule has 0 aromatic carbocycles. The van der Waals surface area contributed by atoms with E-state index in [1.165, 1.54) is 0 Å². The van der Waals surface area contributed by atoms with Crippen LogP contribution in [0.25, 0.3) is 11.0 Å². The van der Waals surface area contributed by atoms with E-state index in [1.54, 1.807) is 7.11 Å². The van der Waals surface area contributed by atoms with Crippen molar-refractivity contribution in [1.82, 2.24) is 14.5 Å². The summed E-state index contributed by atoms with van der Waals surface area (Å²) in [6.07, 6.45) is 5.55. The third-order valence-corrected chi connectivity index (χ3v) is 7.06. The molecule has 0 fully saturated rings. The summed E-state index contributed by atoms with van der Waals surface area (Å²) in [5.74, 6) is -0.707. The number of nitrogen functional groups attached to an aromatic ring is 1. The second-order valence-corrected chi connectivity index (χ2v) is 9.35. The van der Waals surface area contributed by atoms with Gasteiger partial charge in [0.2, 0.25) is 5.43 Å². The van der Waals surface area contributed by atoms with Crippen molar-refractivity contribution >= 4 is 28.8 Å². The van der Waals surface area contributed by atoms with E-state index in [9.17, 15) is 9.59 Å². The number of halogens is 1. The Hall–Kier alpha value is -2.56. The molecule has 10 heteroatoms. The van der Waals surface area contributed by atoms with Gasteiger partial charge in [-0.2, -0.15) is 0 Å². The summed E-state index contributed by atoms with van der Waals surface area (Å²) in [6.45, 7) is 10.1. The molecule has 0 saturated heterocycles. The lowest BCUT2D eigenvalue weighted by atomic mass is 9.85. The van der Waals surface area contributed by atoms with Gasteiger partial charge in [0.05, 0.1) is 23.2 Å². The lowest BCUT2D eigenvalue weighted by Gasteiger charge is -2.39. The van der Waals surface area contributed by atoms with Crippen molar-refractivity contribution in [3.8, 4) is 0 Å². The van der Waals surface area contributed by atoms with Gasteiger partial charge in [-0.15, -0.1) is 0 Å². The van der Waals surface area contributed by atoms with E-state index in [0.29, 0.717) is 37.2 Å². The molecule has 0 saturated carbocycles. The van der Waals surface area contributed by atoms with Crippen molar-refractivity contribution < 1.29 is 19.0 Å². The predicted octanol–water partition coefficient (Wildman–Crippen LogP) is 3.16. The number of nitrogens with two attached hydrogens (primary N) is 1. The molecule has 9 nitrogen and oxygen atoms in total. The van der Waals surface area contributed by atoms with E-state index in [0.717, 1.165) is 58.8 Å². The molecule has 2 aromatic heterocycles. The number of pyridine rings is 2. The molecule has 202 valence electrons. The Morgan fingerprint density at radius 2 is 2.03 bits per heavy atom. The zero-order valence-corrected chi connectivity index (χ0v) is 22.3. The Morgan fingerprint density at radius 1 is 1.31 bits per heavy atom. The first kappa shape index (κ1) is 29.7. The van der Waals surface area contributed by atoms with E-state index in [1.807, 2.05) is 4.57 Å². The second kappa shape index (κ2) is 13.7. The Labute approximate surface area is 212 Å². The lowest BCUT2D eigenvalue weighted by Crippen LogP contribution is -2.39. The van der Waals surface area contributed by atoms with Gasteiger partial charge in [-0.25, -0.2) is 9.37 Å². The SMILES string of the molecule is CCCN(CCCNc1nc2c(c(N)c1F)c(=O)c(C=O)c1n2C(C)(CC)CCC1)CCOC.CO. The summed E-state index contributed by atoms with van der Waals surface area (Å²) in [5.41, 5.74) is 6.09. The van der Waals surface area contributed by atoms with Gasteiger partial charge >= 0.3 is 0 Å². The summed E-state index contributed by atoms with van der Waals surface area (Å²) in [7, 11) is 2.69. The molecule has 0 amide bonds. The number of ether oxygens (including phenoxy) is 1. The van der Waals surface area contributed by atoms with Crippen LogP contribution in [0.1, 0.15) is 68.9 Å². The number of carbonyl (C=O) groups is 1. The highest BCUT2D eigenvalue weighted by Gasteiger charge is 2.35. The number of anilines is 2. The van der Waals surface area contributed by atoms with Crippen LogP contribution in [0.3, 0.4) is 0 Å². The van der Waals surface area contributed by atoms with Crippen molar-refractivity contribution in [3.63, 3.8) is 0 Å². The maximum Gasteiger partial charge on any atom is 0.204 e. The molecule has 1 atom stereocenters. The minimum absolute atomic E-state index is 0.0100. The zero-order valence-electron chi connectivity index (χ0n) is 22.3. The molecule has 0 bridgehead atoms. The summed E-state index contributed by atoms with van der Waals surface area (Å²) < 4.78 is 22.4. The van der Waals surface area contributed by atoms with Gasteiger partial charge in [-0.05, 0) is 58.5 Å². The molecule has 3 heterocycles. The number of methoxy groups -OCH3 is 1. The highest BCUT2D eigenvalue weighted by atomic mass is 19.1. The normalized spacial score (nSPS) is 17.0. The zero-order chi connectivity index (χ0) is 26.9. The van der Waals surface area contributed by atoms with Gasteiger partial charge in [0.25, 0.3) is 0 Å². The van der Waals surface area contributed by atoms with Gasteiger partial charge in [0.1, 0.15) is 5.65 Å². The molecular weight excluding hydrogens is 465 g/mol. The first-order valence-corrected chi connectivity index (χ1v) is 12.7. The van der Waals surface area contributed by atoms with Crippen LogP contribution in [-0.2, 0) is 16.7 Å². The minimum atomic E-state index is -0.749. The number of nitrogens with one attached hydrogen (secondary N) is 1. The Morgan fingerprint density at radius 3 is 2.64 bits per heavy atom. The average molecular weight is 508 g/mol. The molecule has 4 N–H and O–H groups in total. The first-order chi connectivity index (χ1) is 17.3. The van der Waals surface area contributed by atoms with Crippen molar-refractivity contribution in [3.05, 3.63) is 27.3 Å². The maximum atomic E-state index is 15.2. The molecule has 36 heavy (non-hydrogen) atoms. The topological polar surface area (TPSA) is 123 Å². The van der Waals surface area contributed by atoms with E-state index in [2.05, 4.69) is 36.0 Å². The molecule has 0 spiro atoms. The third kappa shape index (κ3) is 6.04. The Balaban J connectivity index is 0.00000222. The summed E-state index contributed by atoms with van der Waals surface area (Å²) >= 11 is 0. The van der Waals surface area contributed by atoms with Gasteiger partial charge in [0.15, 0.2) is 17.9 Å². The lowest BCUT2D eigenvalue weighted by molar-refractivity contribution is 0.111. The van der Waals surface area contributed by atoms with Crippen LogP contribution < -0.4 is 16.5 Å². The van der Waals surface area contributed by atoms with E-state index < -0.39 is 11.2 Å². The molecule has 1 aliphatic heterocycles. The fourth-order valence-corrected chi connectivity index (χ4v) is 5.00. The number of aliphatic hydroxyl groups is 1. The average Bonchev–Trinajstić information content (AvgIpc) is 2.88. The molecular formula is C26H42FN5O4. The van der Waals surface area contributed by atoms with Crippen molar-refractivity contribution in [1.29, 1.82) is 0 Å². The molecule has 2 aromatic rings. The van der Waals surface area contributed by atoms with Gasteiger partial charge in [0, 0.05) is 38.5 Å². The smallest absolute Gasteiger partial charge is 0.204 e. The number of hydrogen-bond acceptors (Lipinski definition) is 8. The number of fused-ring (bicyclic) bond motifs is 3. The van der Waals surface area contributed by atoms with Crippen molar-refractivity contribution in [2.75, 3.05) is 58.1 Å². The number of aldehydes is 1. The Kier molecular flexibility index (Phi) is 11.3. The van der Waals surface area contributed by atoms with Crippen LogP contribution >= 0.6 is 0 Å². The summed E-state index contributed by atoms with van der Waals surface area (Å²) in [6, 6.07) is 0. The highest BCUT2D eigenvalue weighted by Crippen LogP contribution is 2.38. The predicted molar refractivity (Wildman–Crippen MR) is 142 cm³/mol. The van der Waals surface area contributed by atoms with Gasteiger partial charge < -0.3 is 30.4 Å². The number of aromatic nitrogens is 2. The summed E-state index contributed by atoms with van der Waals surface area (Å²) in [4.78, 5) is 31.9. The number of nitrogens with zero attached hydrogens (tertiary/aromatic N) is 3. The van der Waals surface area contributed by atoms with E-state index >= 15 is 4.39 Å². The number of rotatable bonds is 12. The van der Waals surface area contributed by atoms with Crippen LogP contribution in [0.5, 0.6) is 0 Å². The minimum Gasteiger partial charge on any atom is -0.400 e. The molecule has 0 aliphatic carbocycles. The maximum absolute atomic E-state index is 15.2.